The summed E-state index contributed by atoms with van der Waals surface area (Å²) in [6, 6.07) is 11.2. The number of aromatic amines is 1. The van der Waals surface area contributed by atoms with Gasteiger partial charge in [0.1, 0.15) is 0 Å². The number of nitrogens with one attached hydrogen (secondary N) is 2. The van der Waals surface area contributed by atoms with Gasteiger partial charge in [0, 0.05) is 27.1 Å². The molecular formula is C15H13BrClN3O. The lowest BCUT2D eigenvalue weighted by Gasteiger charge is -2.14. The van der Waals surface area contributed by atoms with Gasteiger partial charge in [-0.3, -0.25) is 5.10 Å². The number of halogens is 2. The Morgan fingerprint density at radius 1 is 1.33 bits per heavy atom. The highest BCUT2D eigenvalue weighted by Gasteiger charge is 2.10. The van der Waals surface area contributed by atoms with Crippen molar-refractivity contribution < 1.29 is 5.11 Å². The fourth-order valence-electron chi connectivity index (χ4n) is 2.20. The first-order chi connectivity index (χ1) is 10.1. The average molecular weight is 367 g/mol. The van der Waals surface area contributed by atoms with Crippen molar-refractivity contribution in [1.82, 2.24) is 10.2 Å². The number of aliphatic hydroxyl groups excluding tert-OH is 1. The summed E-state index contributed by atoms with van der Waals surface area (Å²) in [5, 5.41) is 22.1. The van der Waals surface area contributed by atoms with Gasteiger partial charge in [-0.15, -0.1) is 0 Å². The van der Waals surface area contributed by atoms with Crippen LogP contribution in [0.5, 0.6) is 0 Å². The Balaban J connectivity index is 1.78. The molecule has 3 aromatic rings. The SMILES string of the molecule is OC(CNc1cc(Br)cc2[nH]ncc12)c1cccc(Cl)c1. The van der Waals surface area contributed by atoms with Crippen LogP contribution < -0.4 is 5.32 Å². The molecule has 1 unspecified atom stereocenters. The van der Waals surface area contributed by atoms with Gasteiger partial charge in [0.2, 0.25) is 0 Å². The Kier molecular flexibility index (Phi) is 4.14. The van der Waals surface area contributed by atoms with Gasteiger partial charge >= 0.3 is 0 Å². The lowest BCUT2D eigenvalue weighted by atomic mass is 10.1. The number of fused-ring (bicyclic) bond motifs is 1. The van der Waals surface area contributed by atoms with Crippen LogP contribution in [0.3, 0.4) is 0 Å². The topological polar surface area (TPSA) is 60.9 Å². The molecule has 4 nitrogen and oxygen atoms in total. The molecule has 1 aromatic heterocycles. The summed E-state index contributed by atoms with van der Waals surface area (Å²) in [5.41, 5.74) is 2.63. The lowest BCUT2D eigenvalue weighted by Crippen LogP contribution is -2.12. The minimum absolute atomic E-state index is 0.386. The molecule has 0 saturated heterocycles. The molecule has 0 radical (unpaired) electrons. The van der Waals surface area contributed by atoms with E-state index in [4.69, 9.17) is 11.6 Å². The first-order valence-corrected chi connectivity index (χ1v) is 7.60. The van der Waals surface area contributed by atoms with Crippen molar-refractivity contribution in [2.24, 2.45) is 0 Å². The first kappa shape index (κ1) is 14.4. The van der Waals surface area contributed by atoms with Gasteiger partial charge in [0.05, 0.1) is 17.8 Å². The minimum atomic E-state index is -0.635. The number of H-pyrrole nitrogens is 1. The predicted octanol–water partition coefficient (Wildman–Crippen LogP) is 4.12. The zero-order valence-electron chi connectivity index (χ0n) is 11.0. The molecule has 6 heteroatoms. The maximum atomic E-state index is 10.2. The highest BCUT2D eigenvalue weighted by molar-refractivity contribution is 9.10. The van der Waals surface area contributed by atoms with E-state index < -0.39 is 6.10 Å². The van der Waals surface area contributed by atoms with Gasteiger partial charge in [-0.1, -0.05) is 39.7 Å². The van der Waals surface area contributed by atoms with Gasteiger partial charge in [0.25, 0.3) is 0 Å². The van der Waals surface area contributed by atoms with Crippen molar-refractivity contribution in [2.75, 3.05) is 11.9 Å². The first-order valence-electron chi connectivity index (χ1n) is 6.43. The van der Waals surface area contributed by atoms with Crippen LogP contribution in [-0.4, -0.2) is 21.8 Å². The number of aliphatic hydroxyl groups is 1. The molecule has 0 aliphatic rings. The van der Waals surface area contributed by atoms with E-state index in [-0.39, 0.29) is 0 Å². The van der Waals surface area contributed by atoms with Crippen LogP contribution in [0.4, 0.5) is 5.69 Å². The normalized spacial score (nSPS) is 12.5. The second-order valence-corrected chi connectivity index (χ2v) is 6.09. The van der Waals surface area contributed by atoms with E-state index in [1.54, 1.807) is 18.3 Å². The number of hydrogen-bond acceptors (Lipinski definition) is 3. The number of rotatable bonds is 4. The highest BCUT2D eigenvalue weighted by atomic mass is 79.9. The van der Waals surface area contributed by atoms with Gasteiger partial charge in [-0.25, -0.2) is 0 Å². The van der Waals surface area contributed by atoms with Crippen molar-refractivity contribution in [1.29, 1.82) is 0 Å². The number of benzene rings is 2. The molecule has 0 amide bonds. The van der Waals surface area contributed by atoms with Crippen molar-refractivity contribution >= 4 is 44.1 Å². The molecule has 108 valence electrons. The smallest absolute Gasteiger partial charge is 0.0962 e. The van der Waals surface area contributed by atoms with Gasteiger partial charge in [-0.2, -0.15) is 5.10 Å². The third-order valence-corrected chi connectivity index (χ3v) is 3.94. The molecule has 1 atom stereocenters. The van der Waals surface area contributed by atoms with Crippen LogP contribution in [0.1, 0.15) is 11.7 Å². The van der Waals surface area contributed by atoms with Gasteiger partial charge in [0.15, 0.2) is 0 Å². The zero-order valence-corrected chi connectivity index (χ0v) is 13.3. The van der Waals surface area contributed by atoms with Crippen LogP contribution in [0, 0.1) is 0 Å². The van der Waals surface area contributed by atoms with Crippen LogP contribution in [0.15, 0.2) is 47.1 Å². The molecule has 0 saturated carbocycles. The molecule has 0 fully saturated rings. The third kappa shape index (κ3) is 3.20. The largest absolute Gasteiger partial charge is 0.387 e. The van der Waals surface area contributed by atoms with E-state index >= 15 is 0 Å². The molecule has 3 rings (SSSR count). The van der Waals surface area contributed by atoms with E-state index in [1.807, 2.05) is 24.3 Å². The summed E-state index contributed by atoms with van der Waals surface area (Å²) in [5.74, 6) is 0. The molecule has 1 heterocycles. The number of anilines is 1. The molecule has 2 aromatic carbocycles. The maximum Gasteiger partial charge on any atom is 0.0962 e. The molecular weight excluding hydrogens is 354 g/mol. The number of nitrogens with zero attached hydrogens (tertiary/aromatic N) is 1. The molecule has 21 heavy (non-hydrogen) atoms. The maximum absolute atomic E-state index is 10.2. The zero-order chi connectivity index (χ0) is 14.8. The highest BCUT2D eigenvalue weighted by Crippen LogP contribution is 2.27. The minimum Gasteiger partial charge on any atom is -0.387 e. The predicted molar refractivity (Wildman–Crippen MR) is 88.7 cm³/mol. The van der Waals surface area contributed by atoms with Crippen molar-refractivity contribution in [3.63, 3.8) is 0 Å². The Morgan fingerprint density at radius 3 is 3.00 bits per heavy atom. The standard InChI is InChI=1S/C15H13BrClN3O/c16-10-5-13(12-7-19-20-14(12)6-10)18-8-15(21)9-2-1-3-11(17)4-9/h1-7,15,18,21H,8H2,(H,19,20). The van der Waals surface area contributed by atoms with Crippen LogP contribution in [-0.2, 0) is 0 Å². The van der Waals surface area contributed by atoms with E-state index in [1.165, 1.54) is 0 Å². The van der Waals surface area contributed by atoms with Crippen LogP contribution in [0.2, 0.25) is 5.02 Å². The molecule has 0 aliphatic heterocycles. The van der Waals surface area contributed by atoms with Crippen molar-refractivity contribution in [3.05, 3.63) is 57.7 Å². The fourth-order valence-corrected chi connectivity index (χ4v) is 2.86. The van der Waals surface area contributed by atoms with Gasteiger partial charge in [-0.05, 0) is 29.8 Å². The summed E-state index contributed by atoms with van der Waals surface area (Å²) >= 11 is 9.40. The van der Waals surface area contributed by atoms with E-state index in [0.717, 1.165) is 26.6 Å². The quantitative estimate of drug-likeness (QED) is 0.651. The lowest BCUT2D eigenvalue weighted by molar-refractivity contribution is 0.191. The fraction of sp³-hybridized carbons (Fsp3) is 0.133. The summed E-state index contributed by atoms with van der Waals surface area (Å²) in [7, 11) is 0. The van der Waals surface area contributed by atoms with Gasteiger partial charge < -0.3 is 10.4 Å². The second-order valence-electron chi connectivity index (χ2n) is 4.74. The van der Waals surface area contributed by atoms with E-state index in [0.29, 0.717) is 11.6 Å². The van der Waals surface area contributed by atoms with Crippen LogP contribution >= 0.6 is 27.5 Å². The van der Waals surface area contributed by atoms with E-state index in [9.17, 15) is 5.11 Å². The second kappa shape index (κ2) is 6.05. The molecule has 0 aliphatic carbocycles. The number of hydrogen-bond donors (Lipinski definition) is 3. The molecule has 3 N–H and O–H groups in total. The summed E-state index contributed by atoms with van der Waals surface area (Å²) < 4.78 is 0.944. The monoisotopic (exact) mass is 365 g/mol. The van der Waals surface area contributed by atoms with Crippen LogP contribution in [0.25, 0.3) is 10.9 Å². The Morgan fingerprint density at radius 2 is 2.19 bits per heavy atom. The van der Waals surface area contributed by atoms with E-state index in [2.05, 4.69) is 31.4 Å². The number of aromatic nitrogens is 2. The molecule has 0 spiro atoms. The Bertz CT molecular complexity index is 774. The third-order valence-electron chi connectivity index (χ3n) is 3.24. The molecule has 0 bridgehead atoms. The average Bonchev–Trinajstić information content (AvgIpc) is 2.92. The van der Waals surface area contributed by atoms with Crippen molar-refractivity contribution in [3.8, 4) is 0 Å². The Hall–Kier alpha value is -1.56. The summed E-state index contributed by atoms with van der Waals surface area (Å²) in [6.07, 6.45) is 1.13. The Labute approximate surface area is 135 Å². The summed E-state index contributed by atoms with van der Waals surface area (Å²) in [4.78, 5) is 0. The van der Waals surface area contributed by atoms with Crippen molar-refractivity contribution in [2.45, 2.75) is 6.10 Å². The summed E-state index contributed by atoms with van der Waals surface area (Å²) in [6.45, 7) is 0.386.